The first-order valence-corrected chi connectivity index (χ1v) is 10.3. The van der Waals surface area contributed by atoms with Crippen LogP contribution < -0.4 is 5.32 Å². The van der Waals surface area contributed by atoms with Gasteiger partial charge in [-0.3, -0.25) is 14.2 Å². The second-order valence-corrected chi connectivity index (χ2v) is 7.97. The van der Waals surface area contributed by atoms with Crippen molar-refractivity contribution in [3.05, 3.63) is 66.9 Å². The number of hydrogen-bond acceptors (Lipinski definition) is 4. The molecule has 156 valence electrons. The van der Waals surface area contributed by atoms with Crippen LogP contribution in [-0.4, -0.2) is 31.4 Å². The number of allylic oxidation sites excluding steroid dienone is 1. The van der Waals surface area contributed by atoms with Crippen molar-refractivity contribution in [1.29, 1.82) is 0 Å². The van der Waals surface area contributed by atoms with Crippen molar-refractivity contribution in [2.24, 2.45) is 5.92 Å². The molecule has 1 N–H and O–H groups in total. The van der Waals surface area contributed by atoms with Crippen LogP contribution in [-0.2, 0) is 11.2 Å². The largest absolute Gasteiger partial charge is 0.310 e. The molecule has 1 fully saturated rings. The number of alkyl halides is 1. The summed E-state index contributed by atoms with van der Waals surface area (Å²) < 4.78 is 15.1. The molecule has 0 saturated heterocycles. The number of halogens is 1. The van der Waals surface area contributed by atoms with Gasteiger partial charge < -0.3 is 5.32 Å². The van der Waals surface area contributed by atoms with E-state index >= 15 is 0 Å². The number of carbonyl (C=O) groups is 1. The number of rotatable bonds is 6. The Bertz CT molecular complexity index is 1330. The fraction of sp³-hybridized carbons (Fsp3) is 0.250. The summed E-state index contributed by atoms with van der Waals surface area (Å²) in [5.74, 6) is -0.474. The Hall–Kier alpha value is -3.61. The third kappa shape index (κ3) is 3.56. The number of aromatic nitrogens is 4. The lowest BCUT2D eigenvalue weighted by atomic mass is 10.0. The molecule has 0 spiro atoms. The van der Waals surface area contributed by atoms with Crippen LogP contribution in [0.4, 0.5) is 10.2 Å². The number of carbonyl (C=O) groups excluding carboxylic acids is 1. The maximum absolute atomic E-state index is 13.2. The predicted molar refractivity (Wildman–Crippen MR) is 119 cm³/mol. The van der Waals surface area contributed by atoms with Crippen molar-refractivity contribution < 1.29 is 9.18 Å². The van der Waals surface area contributed by atoms with Crippen LogP contribution in [0.1, 0.15) is 24.1 Å². The SMILES string of the molecule is C=CCCc1cc(C)c(-c2cc3cnc(NC(=O)[C@H]4CC4F)cc3n3ccnc23)cn1. The molecule has 1 amide bonds. The van der Waals surface area contributed by atoms with E-state index in [0.29, 0.717) is 5.82 Å². The highest BCUT2D eigenvalue weighted by Gasteiger charge is 2.43. The van der Waals surface area contributed by atoms with E-state index in [0.717, 1.165) is 51.8 Å². The Morgan fingerprint density at radius 2 is 2.10 bits per heavy atom. The first-order chi connectivity index (χ1) is 15.0. The fourth-order valence-electron chi connectivity index (χ4n) is 3.90. The van der Waals surface area contributed by atoms with Crippen molar-refractivity contribution in [3.8, 4) is 11.1 Å². The molecule has 7 heteroatoms. The minimum absolute atomic E-state index is 0.286. The molecule has 4 aromatic rings. The minimum atomic E-state index is -1.04. The predicted octanol–water partition coefficient (Wildman–Crippen LogP) is 4.67. The lowest BCUT2D eigenvalue weighted by molar-refractivity contribution is -0.117. The normalized spacial score (nSPS) is 17.7. The van der Waals surface area contributed by atoms with E-state index in [1.165, 1.54) is 0 Å². The van der Waals surface area contributed by atoms with E-state index in [1.54, 1.807) is 18.5 Å². The molecule has 4 aromatic heterocycles. The van der Waals surface area contributed by atoms with Crippen LogP contribution in [0.25, 0.3) is 27.7 Å². The summed E-state index contributed by atoms with van der Waals surface area (Å²) in [5.41, 5.74) is 5.80. The van der Waals surface area contributed by atoms with Crippen molar-refractivity contribution in [2.75, 3.05) is 5.32 Å². The molecule has 1 unspecified atom stereocenters. The lowest BCUT2D eigenvalue weighted by Crippen LogP contribution is -2.15. The van der Waals surface area contributed by atoms with Gasteiger partial charge in [0.05, 0.1) is 11.4 Å². The first-order valence-electron chi connectivity index (χ1n) is 10.3. The zero-order chi connectivity index (χ0) is 21.5. The molecule has 5 rings (SSSR count). The summed E-state index contributed by atoms with van der Waals surface area (Å²) in [6, 6.07) is 5.95. The van der Waals surface area contributed by atoms with Gasteiger partial charge in [0.25, 0.3) is 0 Å². The van der Waals surface area contributed by atoms with Crippen molar-refractivity contribution >= 4 is 28.3 Å². The highest BCUT2D eigenvalue weighted by molar-refractivity contribution is 5.97. The number of hydrogen-bond donors (Lipinski definition) is 1. The highest BCUT2D eigenvalue weighted by Crippen LogP contribution is 2.35. The number of imidazole rings is 1. The van der Waals surface area contributed by atoms with Crippen LogP contribution >= 0.6 is 0 Å². The molecule has 1 aliphatic rings. The van der Waals surface area contributed by atoms with Gasteiger partial charge in [-0.05, 0) is 43.9 Å². The van der Waals surface area contributed by atoms with E-state index < -0.39 is 12.1 Å². The van der Waals surface area contributed by atoms with Gasteiger partial charge in [0.1, 0.15) is 17.6 Å². The van der Waals surface area contributed by atoms with E-state index in [2.05, 4.69) is 39.8 Å². The van der Waals surface area contributed by atoms with Crippen LogP contribution in [0.2, 0.25) is 0 Å². The molecule has 6 nitrogen and oxygen atoms in total. The molecular weight excluding hydrogens is 393 g/mol. The Labute approximate surface area is 178 Å². The van der Waals surface area contributed by atoms with Gasteiger partial charge in [0.2, 0.25) is 5.91 Å². The smallest absolute Gasteiger partial charge is 0.231 e. The van der Waals surface area contributed by atoms with Gasteiger partial charge in [0, 0.05) is 53.1 Å². The standard InChI is InChI=1S/C24H22FN5O/c1-3-4-5-16-8-14(2)19(13-27-16)17-9-15-12-28-22(29-24(31)18-10-20(18)25)11-21(15)30-7-6-26-23(17)30/h3,6-9,11-13,18,20H,1,4-5,10H2,2H3,(H,28,29,31)/t18-,20?/m0/s1. The zero-order valence-electron chi connectivity index (χ0n) is 17.2. The zero-order valence-corrected chi connectivity index (χ0v) is 17.2. The molecule has 2 atom stereocenters. The molecule has 0 bridgehead atoms. The monoisotopic (exact) mass is 415 g/mol. The summed E-state index contributed by atoms with van der Waals surface area (Å²) in [5, 5.41) is 3.63. The van der Waals surface area contributed by atoms with Gasteiger partial charge >= 0.3 is 0 Å². The number of anilines is 1. The summed E-state index contributed by atoms with van der Waals surface area (Å²) in [7, 11) is 0. The maximum atomic E-state index is 13.2. The summed E-state index contributed by atoms with van der Waals surface area (Å²) >= 11 is 0. The molecule has 1 saturated carbocycles. The summed E-state index contributed by atoms with van der Waals surface area (Å²) in [6.07, 6.45) is 10.1. The second-order valence-electron chi connectivity index (χ2n) is 7.97. The lowest BCUT2D eigenvalue weighted by Gasteiger charge is -2.12. The van der Waals surface area contributed by atoms with Gasteiger partial charge in [-0.25, -0.2) is 14.4 Å². The summed E-state index contributed by atoms with van der Waals surface area (Å²) in [4.78, 5) is 25.6. The third-order valence-corrected chi connectivity index (χ3v) is 5.72. The van der Waals surface area contributed by atoms with Gasteiger partial charge in [0.15, 0.2) is 0 Å². The molecule has 31 heavy (non-hydrogen) atoms. The Balaban J connectivity index is 1.56. The van der Waals surface area contributed by atoms with Crippen molar-refractivity contribution in [2.45, 2.75) is 32.4 Å². The highest BCUT2D eigenvalue weighted by atomic mass is 19.1. The number of nitrogens with zero attached hydrogens (tertiary/aromatic N) is 4. The number of aryl methyl sites for hydroxylation is 2. The average Bonchev–Trinajstić information content (AvgIpc) is 3.29. The van der Waals surface area contributed by atoms with Crippen molar-refractivity contribution in [3.63, 3.8) is 0 Å². The van der Waals surface area contributed by atoms with E-state index in [4.69, 9.17) is 0 Å². The van der Waals surface area contributed by atoms with E-state index in [-0.39, 0.29) is 12.3 Å². The van der Waals surface area contributed by atoms with Gasteiger partial charge in [-0.2, -0.15) is 0 Å². The van der Waals surface area contributed by atoms with Crippen LogP contribution in [0, 0.1) is 12.8 Å². The van der Waals surface area contributed by atoms with Crippen LogP contribution in [0.5, 0.6) is 0 Å². The topological polar surface area (TPSA) is 72.2 Å². The van der Waals surface area contributed by atoms with E-state index in [1.807, 2.05) is 28.9 Å². The number of nitrogens with one attached hydrogen (secondary N) is 1. The Morgan fingerprint density at radius 3 is 2.84 bits per heavy atom. The quantitative estimate of drug-likeness (QED) is 0.465. The van der Waals surface area contributed by atoms with Gasteiger partial charge in [-0.1, -0.05) is 6.08 Å². The van der Waals surface area contributed by atoms with Crippen LogP contribution in [0.3, 0.4) is 0 Å². The summed E-state index contributed by atoms with van der Waals surface area (Å²) in [6.45, 7) is 5.85. The third-order valence-electron chi connectivity index (χ3n) is 5.72. The van der Waals surface area contributed by atoms with Crippen molar-refractivity contribution in [1.82, 2.24) is 19.4 Å². The second kappa shape index (κ2) is 7.58. The Kier molecular flexibility index (Phi) is 4.73. The number of amides is 1. The molecule has 0 radical (unpaired) electrons. The molecule has 4 heterocycles. The number of fused-ring (bicyclic) bond motifs is 3. The molecular formula is C24H22FN5O. The maximum Gasteiger partial charge on any atom is 0.231 e. The minimum Gasteiger partial charge on any atom is -0.310 e. The fourth-order valence-corrected chi connectivity index (χ4v) is 3.90. The van der Waals surface area contributed by atoms with E-state index in [9.17, 15) is 9.18 Å². The molecule has 0 aliphatic heterocycles. The first kappa shape index (κ1) is 19.4. The Morgan fingerprint density at radius 1 is 1.26 bits per heavy atom. The molecule has 0 aromatic carbocycles. The van der Waals surface area contributed by atoms with Crippen LogP contribution in [0.15, 0.2) is 55.6 Å². The number of pyridine rings is 3. The molecule has 1 aliphatic carbocycles. The van der Waals surface area contributed by atoms with Gasteiger partial charge in [-0.15, -0.1) is 6.58 Å². The average molecular weight is 415 g/mol.